The summed E-state index contributed by atoms with van der Waals surface area (Å²) in [5.41, 5.74) is 7.25. The molecular formula is C46H62O7Si2. The van der Waals surface area contributed by atoms with Gasteiger partial charge in [0.2, 0.25) is 0 Å². The number of hydrogen-bond donors (Lipinski definition) is 0. The Morgan fingerprint density at radius 1 is 0.582 bits per heavy atom. The fraction of sp³-hybridized carbons (Fsp3) is 0.348. The molecule has 0 fully saturated rings. The van der Waals surface area contributed by atoms with E-state index < -0.39 is 25.6 Å². The fourth-order valence-corrected chi connectivity index (χ4v) is 8.36. The van der Waals surface area contributed by atoms with Crippen molar-refractivity contribution in [2.75, 3.05) is 39.6 Å². The first-order valence-electron chi connectivity index (χ1n) is 17.8. The summed E-state index contributed by atoms with van der Waals surface area (Å²) in [5, 5.41) is 2.30. The summed E-state index contributed by atoms with van der Waals surface area (Å²) in [7, 11) is -1.89. The minimum absolute atomic E-state index is 0. The highest BCUT2D eigenvalue weighted by molar-refractivity contribution is 6.18. The smallest absolute Gasteiger partial charge is 0.304 e. The van der Waals surface area contributed by atoms with Gasteiger partial charge in [-0.15, -0.1) is 0 Å². The van der Waals surface area contributed by atoms with E-state index in [0.717, 1.165) is 39.3 Å². The van der Waals surface area contributed by atoms with E-state index in [2.05, 4.69) is 98.8 Å². The van der Waals surface area contributed by atoms with E-state index in [1.807, 2.05) is 38.1 Å². The van der Waals surface area contributed by atoms with Crippen molar-refractivity contribution in [3.63, 3.8) is 0 Å². The van der Waals surface area contributed by atoms with Gasteiger partial charge in [-0.25, -0.2) is 0 Å². The van der Waals surface area contributed by atoms with Crippen molar-refractivity contribution in [1.82, 2.24) is 0 Å². The molecule has 0 amide bonds. The second-order valence-electron chi connectivity index (χ2n) is 13.2. The number of fused-ring (bicyclic) bond motifs is 8. The van der Waals surface area contributed by atoms with Gasteiger partial charge in [0.25, 0.3) is 0 Å². The van der Waals surface area contributed by atoms with Crippen LogP contribution in [-0.4, -0.2) is 59.7 Å². The molecular weight excluding hydrogens is 721 g/mol. The van der Waals surface area contributed by atoms with Crippen LogP contribution in [0.25, 0.3) is 28.0 Å². The maximum Gasteiger partial charge on any atom is 0.304 e. The Kier molecular flexibility index (Phi) is 16.5. The molecule has 0 bridgehead atoms. The van der Waals surface area contributed by atoms with Crippen molar-refractivity contribution < 1.29 is 31.9 Å². The lowest BCUT2D eigenvalue weighted by Gasteiger charge is -2.38. The molecule has 1 heterocycles. The molecule has 0 atom stereocenters. The van der Waals surface area contributed by atoms with Crippen LogP contribution in [0.15, 0.2) is 103 Å². The number of hydrogen-bond acceptors (Lipinski definition) is 7. The summed E-state index contributed by atoms with van der Waals surface area (Å²) in [5.74, 6) is 2.44. The Balaban J connectivity index is 0.00000203. The maximum absolute atomic E-state index is 7.45. The zero-order valence-electron chi connectivity index (χ0n) is 29.9. The molecule has 0 spiro atoms. The van der Waals surface area contributed by atoms with Gasteiger partial charge in [0.1, 0.15) is 30.5 Å². The van der Waals surface area contributed by atoms with Gasteiger partial charge in [-0.05, 0) is 71.8 Å². The second-order valence-corrected chi connectivity index (χ2v) is 15.3. The molecule has 0 saturated heterocycles. The van der Waals surface area contributed by atoms with Crippen LogP contribution in [0.4, 0.5) is 0 Å². The van der Waals surface area contributed by atoms with E-state index in [9.17, 15) is 0 Å². The van der Waals surface area contributed by atoms with Crippen molar-refractivity contribution >= 4 is 36.9 Å². The van der Waals surface area contributed by atoms with Gasteiger partial charge in [-0.2, -0.15) is 0 Å². The van der Waals surface area contributed by atoms with Gasteiger partial charge >= 0.3 is 20.0 Å². The van der Waals surface area contributed by atoms with E-state index in [-0.39, 0.29) is 35.1 Å². The molecule has 0 N–H and O–H groups in total. The Morgan fingerprint density at radius 2 is 1.09 bits per heavy atom. The van der Waals surface area contributed by atoms with Crippen LogP contribution in [0.3, 0.4) is 0 Å². The van der Waals surface area contributed by atoms with Crippen molar-refractivity contribution in [1.29, 1.82) is 0 Å². The average Bonchev–Trinajstić information content (AvgIpc) is 3.41. The lowest BCUT2D eigenvalue weighted by Crippen LogP contribution is -2.35. The van der Waals surface area contributed by atoms with Crippen LogP contribution in [0.1, 0.15) is 85.2 Å². The van der Waals surface area contributed by atoms with Crippen LogP contribution < -0.4 is 14.2 Å². The Morgan fingerprint density at radius 3 is 1.64 bits per heavy atom. The molecule has 55 heavy (non-hydrogen) atoms. The van der Waals surface area contributed by atoms with Gasteiger partial charge in [-0.3, -0.25) is 0 Å². The van der Waals surface area contributed by atoms with Gasteiger partial charge < -0.3 is 31.9 Å². The largest absolute Gasteiger partial charge is 0.491 e. The van der Waals surface area contributed by atoms with Crippen LogP contribution in [0.5, 0.6) is 17.2 Å². The first-order valence-corrected chi connectivity index (χ1v) is 20.1. The SMILES string of the molecule is C.C.C.C.CCO[SiH2]OCCOc1ccc(C2(c3ccc(OCCO[SiH2]OCC)cc3)C=Cc3c4c(c5ccccc5c3O2)-c2ccccc2C4(C)C)cc1. The van der Waals surface area contributed by atoms with Crippen LogP contribution in [0, 0.1) is 0 Å². The predicted molar refractivity (Wildman–Crippen MR) is 235 cm³/mol. The predicted octanol–water partition coefficient (Wildman–Crippen LogP) is 9.90. The third-order valence-corrected chi connectivity index (χ3v) is 11.8. The van der Waals surface area contributed by atoms with Gasteiger partial charge in [0.05, 0.1) is 13.2 Å². The van der Waals surface area contributed by atoms with Gasteiger partial charge in [-0.1, -0.05) is 122 Å². The molecule has 7 rings (SSSR count). The molecule has 5 aromatic rings. The molecule has 0 aromatic heterocycles. The molecule has 9 heteroatoms. The van der Waals surface area contributed by atoms with Crippen LogP contribution in [-0.2, 0) is 28.7 Å². The Labute approximate surface area is 335 Å². The molecule has 296 valence electrons. The minimum Gasteiger partial charge on any atom is -0.491 e. The van der Waals surface area contributed by atoms with E-state index in [4.69, 9.17) is 31.9 Å². The Hall–Kier alpha value is -4.23. The first kappa shape index (κ1) is 45.2. The second kappa shape index (κ2) is 20.1. The lowest BCUT2D eigenvalue weighted by atomic mass is 9.77. The molecule has 7 nitrogen and oxygen atoms in total. The minimum atomic E-state index is -0.947. The van der Waals surface area contributed by atoms with Gasteiger partial charge in [0.15, 0.2) is 5.60 Å². The number of ether oxygens (including phenoxy) is 3. The van der Waals surface area contributed by atoms with Crippen molar-refractivity contribution in [2.45, 2.75) is 68.4 Å². The monoisotopic (exact) mass is 782 g/mol. The topological polar surface area (TPSA) is 64.6 Å². The van der Waals surface area contributed by atoms with E-state index in [1.165, 1.54) is 27.6 Å². The summed E-state index contributed by atoms with van der Waals surface area (Å²) in [6, 6.07) is 33.9. The molecule has 1 aliphatic carbocycles. The highest BCUT2D eigenvalue weighted by atomic mass is 28.3. The molecule has 1 aliphatic heterocycles. The summed E-state index contributed by atoms with van der Waals surface area (Å²) in [4.78, 5) is 0. The maximum atomic E-state index is 7.45. The summed E-state index contributed by atoms with van der Waals surface area (Å²) in [6.45, 7) is 11.9. The highest BCUT2D eigenvalue weighted by Gasteiger charge is 2.44. The normalized spacial score (nSPS) is 15.9. The number of rotatable bonds is 16. The molecule has 2 aliphatic rings. The Bertz CT molecular complexity index is 1930. The summed E-state index contributed by atoms with van der Waals surface area (Å²) >= 11 is 0. The molecule has 5 aromatic carbocycles. The van der Waals surface area contributed by atoms with Crippen molar-refractivity contribution in [3.8, 4) is 28.4 Å². The van der Waals surface area contributed by atoms with E-state index in [0.29, 0.717) is 39.6 Å². The summed E-state index contributed by atoms with van der Waals surface area (Å²) in [6.07, 6.45) is 4.50. The fourth-order valence-electron chi connectivity index (χ4n) is 7.32. The van der Waals surface area contributed by atoms with Crippen LogP contribution >= 0.6 is 0 Å². The third kappa shape index (κ3) is 8.93. The molecule has 0 saturated carbocycles. The van der Waals surface area contributed by atoms with E-state index in [1.54, 1.807) is 0 Å². The van der Waals surface area contributed by atoms with Gasteiger partial charge in [0, 0.05) is 40.7 Å². The van der Waals surface area contributed by atoms with E-state index >= 15 is 0 Å². The zero-order chi connectivity index (χ0) is 35.3. The van der Waals surface area contributed by atoms with Crippen molar-refractivity contribution in [3.05, 3.63) is 131 Å². The average molecular weight is 783 g/mol. The molecule has 0 radical (unpaired) electrons. The van der Waals surface area contributed by atoms with Crippen molar-refractivity contribution in [2.24, 2.45) is 0 Å². The summed E-state index contributed by atoms with van der Waals surface area (Å²) < 4.78 is 41.5. The quantitative estimate of drug-likeness (QED) is 0.0730. The third-order valence-electron chi connectivity index (χ3n) is 9.75. The zero-order valence-corrected chi connectivity index (χ0v) is 32.7. The lowest BCUT2D eigenvalue weighted by molar-refractivity contribution is 0.162. The highest BCUT2D eigenvalue weighted by Crippen LogP contribution is 2.58. The first-order chi connectivity index (χ1) is 25.0. The standard InChI is InChI=1S/C42H46O7Si2.4CH4/c1-5-45-50-47-27-25-43-31-19-15-29(16-20-31)42(30-17-21-32(22-18-30)44-26-28-48-51-46-6-2)24-23-36-39-38(33-11-7-8-12-34(33)40(36)49-42)35-13-9-10-14-37(35)41(39,3)4;;;;/h7-24H,5-6,25-28,50-51H2,1-4H3;4*1H4. The van der Waals surface area contributed by atoms with Crippen LogP contribution in [0.2, 0.25) is 0 Å². The molecule has 0 unspecified atom stereocenters. The number of benzene rings is 5.